The van der Waals surface area contributed by atoms with Crippen LogP contribution in [0.1, 0.15) is 22.7 Å². The molecule has 1 aliphatic heterocycles. The van der Waals surface area contributed by atoms with E-state index in [1.165, 1.54) is 0 Å². The van der Waals surface area contributed by atoms with Crippen LogP contribution < -0.4 is 10.5 Å². The molecule has 1 aliphatic rings. The molecule has 0 amide bonds. The molecule has 0 fully saturated rings. The number of benzene rings is 1. The number of nitrogens with one attached hydrogen (secondary N) is 1. The van der Waals surface area contributed by atoms with Gasteiger partial charge in [-0.3, -0.25) is 5.10 Å². The van der Waals surface area contributed by atoms with E-state index in [0.29, 0.717) is 11.5 Å². The monoisotopic (exact) mass is 268 g/mol. The molecule has 2 heterocycles. The molecule has 4 N–H and O–H groups in total. The average Bonchev–Trinajstić information content (AvgIpc) is 2.79. The van der Waals surface area contributed by atoms with E-state index in [4.69, 9.17) is 10.5 Å². The summed E-state index contributed by atoms with van der Waals surface area (Å²) < 4.78 is 5.37. The van der Waals surface area contributed by atoms with Gasteiger partial charge in [0.2, 0.25) is 11.8 Å². The van der Waals surface area contributed by atoms with Gasteiger partial charge in [0.05, 0.1) is 5.92 Å². The molecule has 100 valence electrons. The summed E-state index contributed by atoms with van der Waals surface area (Å²) >= 11 is 0. The number of hydrogen-bond acceptors (Lipinski definition) is 5. The SMILES string of the molecule is Cc1[nH]nc2c1C(c1ccc(O)cc1)C(C#N)=C(N)O2. The zero-order valence-corrected chi connectivity index (χ0v) is 10.7. The molecule has 1 aromatic heterocycles. The number of ether oxygens (including phenoxy) is 1. The van der Waals surface area contributed by atoms with E-state index in [-0.39, 0.29) is 17.6 Å². The number of allylic oxidation sites excluding steroid dienone is 1. The Kier molecular flexibility index (Phi) is 2.61. The summed E-state index contributed by atoms with van der Waals surface area (Å²) in [4.78, 5) is 0. The largest absolute Gasteiger partial charge is 0.508 e. The number of aromatic nitrogens is 2. The molecule has 6 heteroatoms. The van der Waals surface area contributed by atoms with Crippen molar-refractivity contribution in [3.05, 3.63) is 52.5 Å². The van der Waals surface area contributed by atoms with Gasteiger partial charge in [-0.2, -0.15) is 5.26 Å². The lowest BCUT2D eigenvalue weighted by Crippen LogP contribution is -2.20. The van der Waals surface area contributed by atoms with Crippen LogP contribution in [0, 0.1) is 18.3 Å². The van der Waals surface area contributed by atoms with Crippen molar-refractivity contribution in [2.45, 2.75) is 12.8 Å². The molecule has 3 rings (SSSR count). The van der Waals surface area contributed by atoms with E-state index in [9.17, 15) is 10.4 Å². The Balaban J connectivity index is 2.22. The van der Waals surface area contributed by atoms with Crippen molar-refractivity contribution in [1.29, 1.82) is 5.26 Å². The number of rotatable bonds is 1. The Labute approximate surface area is 115 Å². The van der Waals surface area contributed by atoms with Gasteiger partial charge in [-0.25, -0.2) is 0 Å². The summed E-state index contributed by atoms with van der Waals surface area (Å²) in [6.07, 6.45) is 0. The molecule has 1 atom stereocenters. The number of aromatic amines is 1. The van der Waals surface area contributed by atoms with Crippen molar-refractivity contribution in [2.24, 2.45) is 5.73 Å². The zero-order chi connectivity index (χ0) is 14.3. The van der Waals surface area contributed by atoms with Gasteiger partial charge in [-0.1, -0.05) is 12.1 Å². The number of H-pyrrole nitrogens is 1. The van der Waals surface area contributed by atoms with Crippen LogP contribution in [0.3, 0.4) is 0 Å². The Morgan fingerprint density at radius 1 is 1.40 bits per heavy atom. The standard InChI is InChI=1S/C14H12N4O2/c1-7-11-12(8-2-4-9(19)5-3-8)10(6-15)13(16)20-14(11)18-17-7/h2-5,12,19H,16H2,1H3,(H,17,18). The normalized spacial score (nSPS) is 17.3. The summed E-state index contributed by atoms with van der Waals surface area (Å²) in [6.45, 7) is 1.86. The van der Waals surface area contributed by atoms with Crippen molar-refractivity contribution in [3.63, 3.8) is 0 Å². The first-order valence-corrected chi connectivity index (χ1v) is 6.03. The van der Waals surface area contributed by atoms with Crippen molar-refractivity contribution < 1.29 is 9.84 Å². The van der Waals surface area contributed by atoms with Crippen LogP contribution in [0.2, 0.25) is 0 Å². The summed E-state index contributed by atoms with van der Waals surface area (Å²) in [5.41, 5.74) is 8.60. The van der Waals surface area contributed by atoms with Crippen LogP contribution in [0.25, 0.3) is 0 Å². The Hall–Kier alpha value is -2.94. The number of nitriles is 1. The van der Waals surface area contributed by atoms with E-state index in [1.807, 2.05) is 6.92 Å². The lowest BCUT2D eigenvalue weighted by atomic mass is 9.84. The van der Waals surface area contributed by atoms with Gasteiger partial charge in [0, 0.05) is 11.3 Å². The van der Waals surface area contributed by atoms with Gasteiger partial charge < -0.3 is 15.6 Å². The van der Waals surface area contributed by atoms with Crippen molar-refractivity contribution in [2.75, 3.05) is 0 Å². The average molecular weight is 268 g/mol. The van der Waals surface area contributed by atoms with Crippen LogP contribution in [-0.2, 0) is 0 Å². The molecule has 1 aromatic carbocycles. The first-order valence-electron chi connectivity index (χ1n) is 6.03. The summed E-state index contributed by atoms with van der Waals surface area (Å²) in [6, 6.07) is 8.76. The van der Waals surface area contributed by atoms with E-state index < -0.39 is 0 Å². The van der Waals surface area contributed by atoms with Gasteiger partial charge >= 0.3 is 0 Å². The minimum atomic E-state index is -0.344. The first kappa shape index (κ1) is 12.1. The minimum Gasteiger partial charge on any atom is -0.508 e. The molecule has 0 aliphatic carbocycles. The van der Waals surface area contributed by atoms with Gasteiger partial charge in [0.1, 0.15) is 17.4 Å². The second-order valence-corrected chi connectivity index (χ2v) is 4.58. The molecule has 0 radical (unpaired) electrons. The molecule has 0 saturated heterocycles. The summed E-state index contributed by atoms with van der Waals surface area (Å²) in [5.74, 6) is 0.269. The number of nitrogens with zero attached hydrogens (tertiary/aromatic N) is 2. The highest BCUT2D eigenvalue weighted by Gasteiger charge is 2.33. The van der Waals surface area contributed by atoms with Crippen molar-refractivity contribution in [1.82, 2.24) is 10.2 Å². The van der Waals surface area contributed by atoms with Crippen molar-refractivity contribution >= 4 is 0 Å². The van der Waals surface area contributed by atoms with Crippen LogP contribution >= 0.6 is 0 Å². The number of aryl methyl sites for hydroxylation is 1. The predicted octanol–water partition coefficient (Wildman–Crippen LogP) is 1.64. The molecular formula is C14H12N4O2. The van der Waals surface area contributed by atoms with Gasteiger partial charge in [-0.15, -0.1) is 5.10 Å². The number of phenolic OH excluding ortho intramolecular Hbond substituents is 1. The maximum Gasteiger partial charge on any atom is 0.244 e. The van der Waals surface area contributed by atoms with E-state index in [0.717, 1.165) is 16.8 Å². The second-order valence-electron chi connectivity index (χ2n) is 4.58. The minimum absolute atomic E-state index is 0.0598. The highest BCUT2D eigenvalue weighted by atomic mass is 16.5. The van der Waals surface area contributed by atoms with Crippen LogP contribution in [0.4, 0.5) is 0 Å². The van der Waals surface area contributed by atoms with Gasteiger partial charge in [0.15, 0.2) is 0 Å². The topological polar surface area (TPSA) is 108 Å². The molecule has 0 saturated carbocycles. The molecule has 0 spiro atoms. The highest BCUT2D eigenvalue weighted by molar-refractivity contribution is 5.55. The molecule has 6 nitrogen and oxygen atoms in total. The van der Waals surface area contributed by atoms with Crippen LogP contribution in [-0.4, -0.2) is 15.3 Å². The van der Waals surface area contributed by atoms with Crippen LogP contribution in [0.15, 0.2) is 35.7 Å². The Morgan fingerprint density at radius 2 is 2.10 bits per heavy atom. The van der Waals surface area contributed by atoms with E-state index in [2.05, 4.69) is 16.3 Å². The zero-order valence-electron chi connectivity index (χ0n) is 10.7. The van der Waals surface area contributed by atoms with E-state index >= 15 is 0 Å². The quantitative estimate of drug-likeness (QED) is 0.728. The third-order valence-corrected chi connectivity index (χ3v) is 3.36. The lowest BCUT2D eigenvalue weighted by molar-refractivity contribution is 0.378. The number of hydrogen-bond donors (Lipinski definition) is 3. The first-order chi connectivity index (χ1) is 9.61. The molecule has 20 heavy (non-hydrogen) atoms. The predicted molar refractivity (Wildman–Crippen MR) is 70.7 cm³/mol. The fourth-order valence-corrected chi connectivity index (χ4v) is 2.40. The third-order valence-electron chi connectivity index (χ3n) is 3.36. The summed E-state index contributed by atoms with van der Waals surface area (Å²) in [7, 11) is 0. The maximum absolute atomic E-state index is 9.40. The number of phenols is 1. The number of aromatic hydroxyl groups is 1. The second kappa shape index (κ2) is 4.31. The number of fused-ring (bicyclic) bond motifs is 1. The maximum atomic E-state index is 9.40. The fourth-order valence-electron chi connectivity index (χ4n) is 2.40. The fraction of sp³-hybridized carbons (Fsp3) is 0.143. The van der Waals surface area contributed by atoms with Crippen molar-refractivity contribution in [3.8, 4) is 17.7 Å². The lowest BCUT2D eigenvalue weighted by Gasteiger charge is -2.23. The van der Waals surface area contributed by atoms with Gasteiger partial charge in [0.25, 0.3) is 0 Å². The Bertz CT molecular complexity index is 738. The van der Waals surface area contributed by atoms with Crippen LogP contribution in [0.5, 0.6) is 11.6 Å². The summed E-state index contributed by atoms with van der Waals surface area (Å²) in [5, 5.41) is 25.6. The Morgan fingerprint density at radius 3 is 2.75 bits per heavy atom. The smallest absolute Gasteiger partial charge is 0.244 e. The molecule has 0 bridgehead atoms. The molecule has 2 aromatic rings. The highest BCUT2D eigenvalue weighted by Crippen LogP contribution is 2.42. The van der Waals surface area contributed by atoms with E-state index in [1.54, 1.807) is 24.3 Å². The molecule has 1 unspecified atom stereocenters. The van der Waals surface area contributed by atoms with Gasteiger partial charge in [-0.05, 0) is 24.6 Å². The third kappa shape index (κ3) is 1.68. The number of nitrogens with two attached hydrogens (primary N) is 1. The molecular weight excluding hydrogens is 256 g/mol.